The van der Waals surface area contributed by atoms with Crippen LogP contribution in [0.3, 0.4) is 0 Å². The molecule has 1 heterocycles. The Balaban J connectivity index is 1.85. The first-order valence-corrected chi connectivity index (χ1v) is 7.71. The summed E-state index contributed by atoms with van der Waals surface area (Å²) in [4.78, 5) is 7.31. The summed E-state index contributed by atoms with van der Waals surface area (Å²) in [6.07, 6.45) is 3.70. The van der Waals surface area contributed by atoms with E-state index in [0.717, 1.165) is 49.1 Å². The number of imidazole rings is 1. The summed E-state index contributed by atoms with van der Waals surface area (Å²) < 4.78 is 2.36. The van der Waals surface area contributed by atoms with Gasteiger partial charge in [-0.3, -0.25) is 4.90 Å². The second-order valence-electron chi connectivity index (χ2n) is 5.64. The van der Waals surface area contributed by atoms with Gasteiger partial charge in [-0.05, 0) is 37.6 Å². The molecule has 0 radical (unpaired) electrons. The van der Waals surface area contributed by atoms with Gasteiger partial charge in [-0.1, -0.05) is 13.8 Å². The summed E-state index contributed by atoms with van der Waals surface area (Å²) in [5.41, 5.74) is 8.88. The maximum absolute atomic E-state index is 5.86. The van der Waals surface area contributed by atoms with E-state index < -0.39 is 0 Å². The number of nitrogens with two attached hydrogens (primary N) is 1. The Bertz CT molecular complexity index is 598. The molecule has 1 aromatic carbocycles. The predicted octanol–water partition coefficient (Wildman–Crippen LogP) is 2.67. The van der Waals surface area contributed by atoms with Crippen molar-refractivity contribution in [1.29, 1.82) is 0 Å². The van der Waals surface area contributed by atoms with E-state index in [4.69, 9.17) is 10.7 Å². The fourth-order valence-corrected chi connectivity index (χ4v) is 2.98. The number of aromatic nitrogens is 2. The van der Waals surface area contributed by atoms with Crippen LogP contribution in [0.2, 0.25) is 0 Å². The van der Waals surface area contributed by atoms with Gasteiger partial charge < -0.3 is 10.3 Å². The molecule has 3 rings (SSSR count). The molecule has 108 valence electrons. The summed E-state index contributed by atoms with van der Waals surface area (Å²) in [5.74, 6) is 1.16. The molecule has 0 saturated heterocycles. The van der Waals surface area contributed by atoms with Crippen LogP contribution in [-0.2, 0) is 13.0 Å². The van der Waals surface area contributed by atoms with E-state index in [2.05, 4.69) is 29.4 Å². The minimum Gasteiger partial charge on any atom is -0.399 e. The molecule has 4 nitrogen and oxygen atoms in total. The number of nitrogen functional groups attached to an aromatic ring is 1. The van der Waals surface area contributed by atoms with Crippen molar-refractivity contribution in [1.82, 2.24) is 14.5 Å². The molecule has 20 heavy (non-hydrogen) atoms. The summed E-state index contributed by atoms with van der Waals surface area (Å²) in [5, 5.41) is 0. The molecule has 0 atom stereocenters. The normalized spacial score (nSPS) is 15.3. The van der Waals surface area contributed by atoms with Gasteiger partial charge in [0.1, 0.15) is 5.82 Å². The molecule has 0 spiro atoms. The van der Waals surface area contributed by atoms with Crippen LogP contribution in [0.4, 0.5) is 5.69 Å². The highest BCUT2D eigenvalue weighted by Crippen LogP contribution is 2.27. The quantitative estimate of drug-likeness (QED) is 0.822. The van der Waals surface area contributed by atoms with Crippen LogP contribution in [-0.4, -0.2) is 33.6 Å². The van der Waals surface area contributed by atoms with Gasteiger partial charge in [-0.15, -0.1) is 0 Å². The molecule has 0 amide bonds. The van der Waals surface area contributed by atoms with Gasteiger partial charge in [0.25, 0.3) is 0 Å². The number of anilines is 1. The maximum atomic E-state index is 5.86. The Morgan fingerprint density at radius 3 is 2.80 bits per heavy atom. The van der Waals surface area contributed by atoms with Crippen molar-refractivity contribution >= 4 is 16.7 Å². The molecule has 2 aromatic rings. The van der Waals surface area contributed by atoms with Crippen molar-refractivity contribution in [2.45, 2.75) is 45.7 Å². The van der Waals surface area contributed by atoms with Crippen molar-refractivity contribution in [3.05, 3.63) is 24.0 Å². The van der Waals surface area contributed by atoms with Gasteiger partial charge in [0.2, 0.25) is 0 Å². The van der Waals surface area contributed by atoms with E-state index in [-0.39, 0.29) is 0 Å². The molecule has 1 saturated carbocycles. The van der Waals surface area contributed by atoms with Crippen molar-refractivity contribution in [2.75, 3.05) is 18.8 Å². The number of nitrogens with zero attached hydrogens (tertiary/aromatic N) is 3. The molecular weight excluding hydrogens is 248 g/mol. The van der Waals surface area contributed by atoms with Crippen LogP contribution in [0.25, 0.3) is 11.0 Å². The second-order valence-corrected chi connectivity index (χ2v) is 5.64. The fraction of sp³-hybridized carbons (Fsp3) is 0.562. The number of aryl methyl sites for hydroxylation is 1. The summed E-state index contributed by atoms with van der Waals surface area (Å²) >= 11 is 0. The molecular formula is C16H24N4. The van der Waals surface area contributed by atoms with Crippen LogP contribution in [0, 0.1) is 0 Å². The summed E-state index contributed by atoms with van der Waals surface area (Å²) in [6, 6.07) is 6.88. The highest BCUT2D eigenvalue weighted by atomic mass is 15.2. The molecule has 0 bridgehead atoms. The van der Waals surface area contributed by atoms with Gasteiger partial charge in [0.15, 0.2) is 0 Å². The predicted molar refractivity (Wildman–Crippen MR) is 83.8 cm³/mol. The lowest BCUT2D eigenvalue weighted by molar-refractivity contribution is 0.266. The summed E-state index contributed by atoms with van der Waals surface area (Å²) in [6.45, 7) is 7.70. The first kappa shape index (κ1) is 13.4. The molecule has 1 fully saturated rings. The smallest absolute Gasteiger partial charge is 0.109 e. The SMILES string of the molecule is CCc1nc2cc(N)ccc2n1CCN(CC)C1CC1. The van der Waals surface area contributed by atoms with Crippen LogP contribution in [0.15, 0.2) is 18.2 Å². The molecule has 2 N–H and O–H groups in total. The third-order valence-corrected chi connectivity index (χ3v) is 4.25. The monoisotopic (exact) mass is 272 g/mol. The number of hydrogen-bond donors (Lipinski definition) is 1. The number of hydrogen-bond acceptors (Lipinski definition) is 3. The van der Waals surface area contributed by atoms with E-state index in [1.54, 1.807) is 0 Å². The standard InChI is InChI=1S/C16H24N4/c1-3-16-18-14-11-12(17)5-8-15(14)20(16)10-9-19(4-2)13-6-7-13/h5,8,11,13H,3-4,6-7,9-10,17H2,1-2H3. The average Bonchev–Trinajstić information content (AvgIpc) is 3.22. The maximum Gasteiger partial charge on any atom is 0.109 e. The van der Waals surface area contributed by atoms with Crippen molar-refractivity contribution in [3.63, 3.8) is 0 Å². The minimum absolute atomic E-state index is 0.790. The van der Waals surface area contributed by atoms with Crippen LogP contribution < -0.4 is 5.73 Å². The topological polar surface area (TPSA) is 47.1 Å². The number of likely N-dealkylation sites (N-methyl/N-ethyl adjacent to an activating group) is 1. The van der Waals surface area contributed by atoms with E-state index in [0.29, 0.717) is 0 Å². The molecule has 1 aliphatic rings. The minimum atomic E-state index is 0.790. The van der Waals surface area contributed by atoms with E-state index in [1.807, 2.05) is 12.1 Å². The van der Waals surface area contributed by atoms with E-state index in [1.165, 1.54) is 18.4 Å². The van der Waals surface area contributed by atoms with Gasteiger partial charge in [-0.25, -0.2) is 4.98 Å². The number of rotatable bonds is 6. The lowest BCUT2D eigenvalue weighted by Gasteiger charge is -2.20. The molecule has 1 aliphatic carbocycles. The van der Waals surface area contributed by atoms with Crippen LogP contribution in [0.5, 0.6) is 0 Å². The number of benzene rings is 1. The molecule has 0 aliphatic heterocycles. The highest BCUT2D eigenvalue weighted by molar-refractivity contribution is 5.79. The second kappa shape index (κ2) is 5.44. The van der Waals surface area contributed by atoms with Crippen molar-refractivity contribution < 1.29 is 0 Å². The first-order valence-electron chi connectivity index (χ1n) is 7.71. The van der Waals surface area contributed by atoms with Gasteiger partial charge in [0, 0.05) is 31.2 Å². The van der Waals surface area contributed by atoms with Crippen molar-refractivity contribution in [3.8, 4) is 0 Å². The zero-order chi connectivity index (χ0) is 14.1. The zero-order valence-corrected chi connectivity index (χ0v) is 12.5. The largest absolute Gasteiger partial charge is 0.399 e. The molecule has 1 aromatic heterocycles. The van der Waals surface area contributed by atoms with E-state index >= 15 is 0 Å². The van der Waals surface area contributed by atoms with Gasteiger partial charge in [-0.2, -0.15) is 0 Å². The Morgan fingerprint density at radius 2 is 2.15 bits per heavy atom. The van der Waals surface area contributed by atoms with Crippen molar-refractivity contribution in [2.24, 2.45) is 0 Å². The lowest BCUT2D eigenvalue weighted by Crippen LogP contribution is -2.29. The Kier molecular flexibility index (Phi) is 3.66. The van der Waals surface area contributed by atoms with Crippen LogP contribution >= 0.6 is 0 Å². The Labute approximate surface area is 120 Å². The Hall–Kier alpha value is -1.55. The molecule has 4 heteroatoms. The van der Waals surface area contributed by atoms with Gasteiger partial charge >= 0.3 is 0 Å². The number of fused-ring (bicyclic) bond motifs is 1. The molecule has 0 unspecified atom stereocenters. The third kappa shape index (κ3) is 2.52. The first-order chi connectivity index (χ1) is 9.72. The average molecular weight is 272 g/mol. The highest BCUT2D eigenvalue weighted by Gasteiger charge is 2.27. The summed E-state index contributed by atoms with van der Waals surface area (Å²) in [7, 11) is 0. The Morgan fingerprint density at radius 1 is 1.35 bits per heavy atom. The van der Waals surface area contributed by atoms with Crippen LogP contribution in [0.1, 0.15) is 32.5 Å². The fourth-order valence-electron chi connectivity index (χ4n) is 2.98. The van der Waals surface area contributed by atoms with E-state index in [9.17, 15) is 0 Å². The zero-order valence-electron chi connectivity index (χ0n) is 12.5. The van der Waals surface area contributed by atoms with Gasteiger partial charge in [0.05, 0.1) is 11.0 Å². The third-order valence-electron chi connectivity index (χ3n) is 4.25. The lowest BCUT2D eigenvalue weighted by atomic mass is 10.3.